The van der Waals surface area contributed by atoms with Gasteiger partial charge < -0.3 is 25.7 Å². The topological polar surface area (TPSA) is 94.2 Å². The first-order valence-corrected chi connectivity index (χ1v) is 10.1. The van der Waals surface area contributed by atoms with Crippen LogP contribution in [0, 0.1) is 5.82 Å². The minimum absolute atomic E-state index is 0.383. The van der Waals surface area contributed by atoms with Gasteiger partial charge in [-0.1, -0.05) is 15.9 Å². The summed E-state index contributed by atoms with van der Waals surface area (Å²) in [6, 6.07) is 13.0. The van der Waals surface area contributed by atoms with Crippen LogP contribution >= 0.6 is 15.9 Å². The number of methoxy groups -OCH3 is 1. The summed E-state index contributed by atoms with van der Waals surface area (Å²) in [5.74, 6) is 0.531. The van der Waals surface area contributed by atoms with Gasteiger partial charge in [-0.3, -0.25) is 0 Å². The number of fused-ring (bicyclic) bond motifs is 1. The van der Waals surface area contributed by atoms with Crippen LogP contribution in [0.5, 0.6) is 5.75 Å². The SMILES string of the molecule is COc1ccc(Br)cc1NC(=O)Nc1ccc(F)c2c1ccn2Cc1ccnc(N)c1. The van der Waals surface area contributed by atoms with Crippen LogP contribution < -0.4 is 21.1 Å². The number of ether oxygens (including phenoxy) is 1. The van der Waals surface area contributed by atoms with E-state index < -0.39 is 6.03 Å². The number of rotatable bonds is 5. The fourth-order valence-electron chi connectivity index (χ4n) is 3.37. The first-order valence-electron chi connectivity index (χ1n) is 9.34. The summed E-state index contributed by atoms with van der Waals surface area (Å²) in [6.45, 7) is 0.415. The number of benzene rings is 2. The van der Waals surface area contributed by atoms with Gasteiger partial charge in [0.2, 0.25) is 0 Å². The number of carbonyl (C=O) groups excluding carboxylic acids is 1. The Morgan fingerprint density at radius 1 is 1.16 bits per heavy atom. The molecule has 4 N–H and O–H groups in total. The lowest BCUT2D eigenvalue weighted by atomic mass is 10.2. The zero-order valence-corrected chi connectivity index (χ0v) is 18.1. The Kier molecular flexibility index (Phi) is 5.77. The average Bonchev–Trinajstić information content (AvgIpc) is 3.15. The summed E-state index contributed by atoms with van der Waals surface area (Å²) >= 11 is 3.37. The molecule has 2 aromatic carbocycles. The van der Waals surface area contributed by atoms with Crippen molar-refractivity contribution in [2.45, 2.75) is 6.54 Å². The fourth-order valence-corrected chi connectivity index (χ4v) is 3.73. The van der Waals surface area contributed by atoms with E-state index in [0.717, 1.165) is 10.0 Å². The third kappa shape index (κ3) is 4.46. The summed E-state index contributed by atoms with van der Waals surface area (Å²) in [7, 11) is 1.52. The number of hydrogen-bond acceptors (Lipinski definition) is 4. The lowest BCUT2D eigenvalue weighted by molar-refractivity contribution is 0.262. The number of anilines is 3. The number of amides is 2. The molecular formula is C22H19BrFN5O2. The van der Waals surface area contributed by atoms with E-state index in [0.29, 0.717) is 40.4 Å². The predicted octanol–water partition coefficient (Wildman–Crippen LogP) is 5.22. The molecule has 2 amide bonds. The molecule has 9 heteroatoms. The van der Waals surface area contributed by atoms with Crippen LogP contribution in [0.2, 0.25) is 0 Å². The monoisotopic (exact) mass is 483 g/mol. The normalized spacial score (nSPS) is 10.8. The number of urea groups is 1. The quantitative estimate of drug-likeness (QED) is 0.362. The molecule has 0 fully saturated rings. The minimum Gasteiger partial charge on any atom is -0.495 e. The molecule has 0 atom stereocenters. The van der Waals surface area contributed by atoms with E-state index in [1.165, 1.54) is 19.2 Å². The molecule has 0 aliphatic carbocycles. The maximum absolute atomic E-state index is 14.7. The van der Waals surface area contributed by atoms with Crippen molar-refractivity contribution in [3.05, 3.63) is 76.8 Å². The molecular weight excluding hydrogens is 465 g/mol. The fraction of sp³-hybridized carbons (Fsp3) is 0.0909. The molecule has 0 bridgehead atoms. The number of halogens is 2. The van der Waals surface area contributed by atoms with Crippen molar-refractivity contribution in [2.75, 3.05) is 23.5 Å². The minimum atomic E-state index is -0.473. The Balaban J connectivity index is 1.60. The van der Waals surface area contributed by atoms with E-state index in [1.807, 2.05) is 12.1 Å². The number of nitrogen functional groups attached to an aromatic ring is 1. The van der Waals surface area contributed by atoms with Crippen LogP contribution in [0.1, 0.15) is 5.56 Å². The Hall–Kier alpha value is -3.59. The Bertz CT molecular complexity index is 1270. The largest absolute Gasteiger partial charge is 0.495 e. The van der Waals surface area contributed by atoms with Crippen molar-refractivity contribution in [3.8, 4) is 5.75 Å². The van der Waals surface area contributed by atoms with E-state index in [9.17, 15) is 9.18 Å². The second kappa shape index (κ2) is 8.65. The zero-order valence-electron chi connectivity index (χ0n) is 16.5. The second-order valence-corrected chi connectivity index (χ2v) is 7.73. The first-order chi connectivity index (χ1) is 14.9. The number of aromatic nitrogens is 2. The van der Waals surface area contributed by atoms with Gasteiger partial charge >= 0.3 is 6.03 Å². The summed E-state index contributed by atoms with van der Waals surface area (Å²) in [6.07, 6.45) is 3.38. The molecule has 4 rings (SSSR count). The molecule has 0 saturated heterocycles. The van der Waals surface area contributed by atoms with Crippen molar-refractivity contribution < 1.29 is 13.9 Å². The Morgan fingerprint density at radius 2 is 1.97 bits per heavy atom. The maximum Gasteiger partial charge on any atom is 0.323 e. The average molecular weight is 484 g/mol. The van der Waals surface area contributed by atoms with Gasteiger partial charge in [0.05, 0.1) is 24.0 Å². The van der Waals surface area contributed by atoms with Crippen molar-refractivity contribution in [2.24, 2.45) is 0 Å². The Morgan fingerprint density at radius 3 is 2.74 bits per heavy atom. The molecule has 0 radical (unpaired) electrons. The van der Waals surface area contributed by atoms with Crippen LogP contribution in [0.15, 0.2) is 65.4 Å². The van der Waals surface area contributed by atoms with E-state index in [-0.39, 0.29) is 5.82 Å². The maximum atomic E-state index is 14.7. The van der Waals surface area contributed by atoms with Crippen LogP contribution in [0.25, 0.3) is 10.9 Å². The van der Waals surface area contributed by atoms with Gasteiger partial charge in [-0.15, -0.1) is 0 Å². The van der Waals surface area contributed by atoms with Gasteiger partial charge in [0.15, 0.2) is 0 Å². The van der Waals surface area contributed by atoms with Crippen molar-refractivity contribution in [1.29, 1.82) is 0 Å². The number of nitrogens with one attached hydrogen (secondary N) is 2. The third-order valence-corrected chi connectivity index (χ3v) is 5.23. The summed E-state index contributed by atoms with van der Waals surface area (Å²) in [5.41, 5.74) is 8.00. The van der Waals surface area contributed by atoms with Crippen LogP contribution in [-0.4, -0.2) is 22.7 Å². The summed E-state index contributed by atoms with van der Waals surface area (Å²) in [5, 5.41) is 6.13. The van der Waals surface area contributed by atoms with Crippen molar-refractivity contribution in [1.82, 2.24) is 9.55 Å². The zero-order chi connectivity index (χ0) is 22.0. The molecule has 2 heterocycles. The molecule has 0 unspecified atom stereocenters. The molecule has 31 heavy (non-hydrogen) atoms. The number of nitrogens with two attached hydrogens (primary N) is 1. The predicted molar refractivity (Wildman–Crippen MR) is 123 cm³/mol. The highest BCUT2D eigenvalue weighted by Crippen LogP contribution is 2.30. The standard InChI is InChI=1S/C22H19BrFN5O2/c1-31-19-5-2-14(23)11-18(19)28-22(30)27-17-4-3-16(24)21-15(17)7-9-29(21)12-13-6-8-26-20(25)10-13/h2-11H,12H2,1H3,(H2,25,26)(H2,27,28,30). The molecule has 0 aliphatic rings. The lowest BCUT2D eigenvalue weighted by Gasteiger charge is -2.13. The van der Waals surface area contributed by atoms with E-state index >= 15 is 0 Å². The number of nitrogens with zero attached hydrogens (tertiary/aromatic N) is 2. The van der Waals surface area contributed by atoms with Gasteiger partial charge in [0.1, 0.15) is 17.4 Å². The van der Waals surface area contributed by atoms with E-state index in [1.54, 1.807) is 41.2 Å². The lowest BCUT2D eigenvalue weighted by Crippen LogP contribution is -2.20. The van der Waals surface area contributed by atoms with Crippen LogP contribution in [-0.2, 0) is 6.54 Å². The van der Waals surface area contributed by atoms with Gasteiger partial charge in [0, 0.05) is 28.8 Å². The number of hydrogen-bond donors (Lipinski definition) is 3. The smallest absolute Gasteiger partial charge is 0.323 e. The number of pyridine rings is 1. The van der Waals surface area contributed by atoms with Gasteiger partial charge in [0.25, 0.3) is 0 Å². The molecule has 7 nitrogen and oxygen atoms in total. The van der Waals surface area contributed by atoms with E-state index in [2.05, 4.69) is 31.5 Å². The Labute approximate surface area is 186 Å². The highest BCUT2D eigenvalue weighted by atomic mass is 79.9. The highest BCUT2D eigenvalue weighted by Gasteiger charge is 2.14. The van der Waals surface area contributed by atoms with Gasteiger partial charge in [-0.2, -0.15) is 0 Å². The highest BCUT2D eigenvalue weighted by molar-refractivity contribution is 9.10. The molecule has 0 aliphatic heterocycles. The molecule has 0 spiro atoms. The van der Waals surface area contributed by atoms with E-state index in [4.69, 9.17) is 10.5 Å². The summed E-state index contributed by atoms with van der Waals surface area (Å²) < 4.78 is 22.5. The van der Waals surface area contributed by atoms with Crippen molar-refractivity contribution >= 4 is 50.1 Å². The molecule has 0 saturated carbocycles. The second-order valence-electron chi connectivity index (χ2n) is 6.81. The van der Waals surface area contributed by atoms with Crippen molar-refractivity contribution in [3.63, 3.8) is 0 Å². The van der Waals surface area contributed by atoms with Gasteiger partial charge in [-0.05, 0) is 54.1 Å². The molecule has 158 valence electrons. The van der Waals surface area contributed by atoms with Gasteiger partial charge in [-0.25, -0.2) is 14.2 Å². The van der Waals surface area contributed by atoms with Crippen LogP contribution in [0.4, 0.5) is 26.4 Å². The van der Waals surface area contributed by atoms with Crippen LogP contribution in [0.3, 0.4) is 0 Å². The summed E-state index contributed by atoms with van der Waals surface area (Å²) in [4.78, 5) is 16.6. The molecule has 2 aromatic heterocycles. The third-order valence-electron chi connectivity index (χ3n) is 4.73. The first kappa shape index (κ1) is 20.7. The molecule has 4 aromatic rings. The number of carbonyl (C=O) groups is 1.